The lowest BCUT2D eigenvalue weighted by Crippen LogP contribution is -2.07. The molecule has 0 saturated carbocycles. The normalized spacial score (nSPS) is 9.81. The van der Waals surface area contributed by atoms with Crippen molar-refractivity contribution in [2.24, 2.45) is 4.99 Å². The third kappa shape index (κ3) is 5.23. The highest BCUT2D eigenvalue weighted by Gasteiger charge is 2.12. The van der Waals surface area contributed by atoms with E-state index in [1.807, 2.05) is 48.5 Å². The fourth-order valence-electron chi connectivity index (χ4n) is 2.39. The van der Waals surface area contributed by atoms with E-state index >= 15 is 0 Å². The Bertz CT molecular complexity index is 793. The number of nitrogens with zero attached hydrogens (tertiary/aromatic N) is 1. The molecule has 0 N–H and O–H groups in total. The fourth-order valence-corrected chi connectivity index (χ4v) is 2.39. The van der Waals surface area contributed by atoms with Gasteiger partial charge in [0.2, 0.25) is 0 Å². The second-order valence-electron chi connectivity index (χ2n) is 5.39. The molecule has 5 heteroatoms. The zero-order valence-electron chi connectivity index (χ0n) is 15.3. The van der Waals surface area contributed by atoms with Gasteiger partial charge in [0.05, 0.1) is 27.4 Å². The molecule has 0 aliphatic rings. The van der Waals surface area contributed by atoms with E-state index in [1.165, 1.54) is 0 Å². The molecule has 0 spiro atoms. The van der Waals surface area contributed by atoms with Gasteiger partial charge < -0.3 is 14.2 Å². The molecule has 5 nitrogen and oxygen atoms in total. The van der Waals surface area contributed by atoms with Crippen LogP contribution in [0.1, 0.15) is 18.1 Å². The van der Waals surface area contributed by atoms with Gasteiger partial charge in [-0.05, 0) is 42.5 Å². The van der Waals surface area contributed by atoms with Crippen LogP contribution in [0.4, 0.5) is 0 Å². The molecule has 0 saturated heterocycles. The summed E-state index contributed by atoms with van der Waals surface area (Å²) in [7, 11) is 3.21. The Kier molecular flexibility index (Phi) is 7.47. The van der Waals surface area contributed by atoms with E-state index < -0.39 is 5.97 Å². The molecule has 0 aliphatic heterocycles. The quantitative estimate of drug-likeness (QED) is 0.414. The van der Waals surface area contributed by atoms with Crippen molar-refractivity contribution in [1.82, 2.24) is 0 Å². The van der Waals surface area contributed by atoms with Gasteiger partial charge in [0.15, 0.2) is 11.5 Å². The van der Waals surface area contributed by atoms with Crippen LogP contribution in [0.5, 0.6) is 11.5 Å². The van der Waals surface area contributed by atoms with Crippen LogP contribution in [-0.4, -0.2) is 39.2 Å². The standard InChI is InChI=1S/C21H23NO4/c1-4-26-21(23)18(17-8-6-5-7-9-17)15-22-13-12-16-10-11-19(24-2)20(14-16)25-3/h5-11,14H,4,12-13H2,1-3H3. The molecular formula is C21H23NO4. The number of carbonyl (C=O) groups is 1. The summed E-state index contributed by atoms with van der Waals surface area (Å²) in [5.74, 6) is 3.80. The SMILES string of the molecule is CCOC(=O)C(=C=NCCc1ccc(OC)c(OC)c1)c1ccccc1. The first-order valence-corrected chi connectivity index (χ1v) is 8.42. The molecule has 0 heterocycles. The average Bonchev–Trinajstić information content (AvgIpc) is 2.68. The molecule has 2 rings (SSSR count). The number of benzene rings is 2. The van der Waals surface area contributed by atoms with Gasteiger partial charge in [0.1, 0.15) is 5.57 Å². The number of esters is 1. The molecule has 2 aromatic rings. The Labute approximate surface area is 153 Å². The van der Waals surface area contributed by atoms with Crippen molar-refractivity contribution in [3.05, 3.63) is 59.7 Å². The maximum absolute atomic E-state index is 12.1. The second-order valence-corrected chi connectivity index (χ2v) is 5.39. The first-order valence-electron chi connectivity index (χ1n) is 8.42. The molecule has 0 aliphatic carbocycles. The Morgan fingerprint density at radius 3 is 2.42 bits per heavy atom. The minimum absolute atomic E-state index is 0.308. The largest absolute Gasteiger partial charge is 0.493 e. The Morgan fingerprint density at radius 2 is 1.77 bits per heavy atom. The van der Waals surface area contributed by atoms with E-state index in [1.54, 1.807) is 21.1 Å². The zero-order valence-corrected chi connectivity index (χ0v) is 15.3. The van der Waals surface area contributed by atoms with Crippen LogP contribution < -0.4 is 9.47 Å². The number of hydrogen-bond donors (Lipinski definition) is 0. The molecule has 0 radical (unpaired) electrons. The van der Waals surface area contributed by atoms with E-state index in [0.717, 1.165) is 11.1 Å². The number of carbonyl (C=O) groups excluding carboxylic acids is 1. The summed E-state index contributed by atoms with van der Waals surface area (Å²) < 4.78 is 15.6. The van der Waals surface area contributed by atoms with E-state index in [9.17, 15) is 4.79 Å². The molecular weight excluding hydrogens is 330 g/mol. The molecule has 0 aromatic heterocycles. The number of ether oxygens (including phenoxy) is 3. The highest BCUT2D eigenvalue weighted by atomic mass is 16.5. The summed E-state index contributed by atoms with van der Waals surface area (Å²) in [6, 6.07) is 15.0. The van der Waals surface area contributed by atoms with Gasteiger partial charge in [-0.25, -0.2) is 9.79 Å². The predicted molar refractivity (Wildman–Crippen MR) is 102 cm³/mol. The molecule has 0 fully saturated rings. The Hall–Kier alpha value is -3.04. The summed E-state index contributed by atoms with van der Waals surface area (Å²) in [6.45, 7) is 2.57. The van der Waals surface area contributed by atoms with Crippen molar-refractivity contribution in [2.45, 2.75) is 13.3 Å². The van der Waals surface area contributed by atoms with Crippen molar-refractivity contribution in [2.75, 3.05) is 27.4 Å². The first-order chi connectivity index (χ1) is 12.7. The molecule has 2 aromatic carbocycles. The number of hydrogen-bond acceptors (Lipinski definition) is 5. The van der Waals surface area contributed by atoms with Crippen LogP contribution in [0.3, 0.4) is 0 Å². The summed E-state index contributed by atoms with van der Waals surface area (Å²) in [5, 5.41) is 0. The fraction of sp³-hybridized carbons (Fsp3) is 0.286. The Balaban J connectivity index is 2.15. The number of aliphatic imine (C=N–C) groups is 1. The monoisotopic (exact) mass is 353 g/mol. The van der Waals surface area contributed by atoms with E-state index in [2.05, 4.69) is 10.9 Å². The first kappa shape index (κ1) is 19.3. The highest BCUT2D eigenvalue weighted by molar-refractivity contribution is 6.25. The van der Waals surface area contributed by atoms with Crippen LogP contribution in [-0.2, 0) is 16.0 Å². The molecule has 136 valence electrons. The summed E-state index contributed by atoms with van der Waals surface area (Å²) in [5.41, 5.74) is 2.13. The van der Waals surface area contributed by atoms with Crippen molar-refractivity contribution in [3.63, 3.8) is 0 Å². The lowest BCUT2D eigenvalue weighted by atomic mass is 10.1. The molecule has 0 bridgehead atoms. The van der Waals surface area contributed by atoms with Gasteiger partial charge in [-0.3, -0.25) is 0 Å². The van der Waals surface area contributed by atoms with Crippen LogP contribution in [0.2, 0.25) is 0 Å². The van der Waals surface area contributed by atoms with Gasteiger partial charge in [-0.15, -0.1) is 0 Å². The molecule has 0 unspecified atom stereocenters. The molecule has 0 amide bonds. The summed E-state index contributed by atoms with van der Waals surface area (Å²) in [4.78, 5) is 16.4. The minimum Gasteiger partial charge on any atom is -0.493 e. The van der Waals surface area contributed by atoms with Gasteiger partial charge >= 0.3 is 5.97 Å². The lowest BCUT2D eigenvalue weighted by Gasteiger charge is -2.08. The molecule has 0 atom stereocenters. The predicted octanol–water partition coefficient (Wildman–Crippen LogP) is 3.56. The number of rotatable bonds is 8. The third-order valence-electron chi connectivity index (χ3n) is 3.69. The van der Waals surface area contributed by atoms with Crippen LogP contribution in [0.15, 0.2) is 53.5 Å². The lowest BCUT2D eigenvalue weighted by molar-refractivity contribution is -0.135. The second kappa shape index (κ2) is 10.1. The van der Waals surface area contributed by atoms with Crippen molar-refractivity contribution in [1.29, 1.82) is 0 Å². The summed E-state index contributed by atoms with van der Waals surface area (Å²) >= 11 is 0. The van der Waals surface area contributed by atoms with Gasteiger partial charge in [-0.1, -0.05) is 36.4 Å². The smallest absolute Gasteiger partial charge is 0.348 e. The topological polar surface area (TPSA) is 57.1 Å². The Morgan fingerprint density at radius 1 is 1.04 bits per heavy atom. The van der Waals surface area contributed by atoms with Gasteiger partial charge in [0.25, 0.3) is 0 Å². The van der Waals surface area contributed by atoms with E-state index in [0.29, 0.717) is 36.6 Å². The maximum Gasteiger partial charge on any atom is 0.348 e. The van der Waals surface area contributed by atoms with Gasteiger partial charge in [0, 0.05) is 0 Å². The van der Waals surface area contributed by atoms with E-state index in [-0.39, 0.29) is 0 Å². The average molecular weight is 353 g/mol. The molecule has 26 heavy (non-hydrogen) atoms. The van der Waals surface area contributed by atoms with Crippen LogP contribution in [0, 0.1) is 0 Å². The third-order valence-corrected chi connectivity index (χ3v) is 3.69. The van der Waals surface area contributed by atoms with Crippen molar-refractivity contribution in [3.8, 4) is 11.5 Å². The van der Waals surface area contributed by atoms with Crippen LogP contribution in [0.25, 0.3) is 5.57 Å². The highest BCUT2D eigenvalue weighted by Crippen LogP contribution is 2.27. The summed E-state index contributed by atoms with van der Waals surface area (Å²) in [6.07, 6.45) is 0.693. The zero-order chi connectivity index (χ0) is 18.8. The maximum atomic E-state index is 12.1. The number of methoxy groups -OCH3 is 2. The van der Waals surface area contributed by atoms with Gasteiger partial charge in [-0.2, -0.15) is 0 Å². The van der Waals surface area contributed by atoms with Crippen LogP contribution >= 0.6 is 0 Å². The van der Waals surface area contributed by atoms with Crippen molar-refractivity contribution >= 4 is 17.4 Å². The van der Waals surface area contributed by atoms with E-state index in [4.69, 9.17) is 14.2 Å². The minimum atomic E-state index is -0.423. The van der Waals surface area contributed by atoms with Crippen molar-refractivity contribution < 1.29 is 19.0 Å².